The van der Waals surface area contributed by atoms with E-state index in [1.165, 1.54) is 6.07 Å². The molecule has 0 spiro atoms. The molecule has 114 valence electrons. The van der Waals surface area contributed by atoms with Crippen molar-refractivity contribution in [2.45, 2.75) is 26.3 Å². The average molecular weight is 296 g/mol. The van der Waals surface area contributed by atoms with E-state index in [1.807, 2.05) is 4.90 Å². The molecule has 0 aliphatic carbocycles. The molecular weight excluding hydrogens is 278 g/mol. The summed E-state index contributed by atoms with van der Waals surface area (Å²) in [6.45, 7) is 4.41. The van der Waals surface area contributed by atoms with Crippen LogP contribution in [0.5, 0.6) is 0 Å². The number of primary amides is 1. The number of ketones is 1. The summed E-state index contributed by atoms with van der Waals surface area (Å²) in [5.74, 6) is -2.72. The molecule has 1 heterocycles. The van der Waals surface area contributed by atoms with Crippen molar-refractivity contribution < 1.29 is 18.4 Å². The summed E-state index contributed by atoms with van der Waals surface area (Å²) >= 11 is 0. The monoisotopic (exact) mass is 296 g/mol. The number of Topliss-reactive ketones (excluding diaryl/α,β-unsaturated/α-hetero) is 1. The summed E-state index contributed by atoms with van der Waals surface area (Å²) in [6, 6.07) is 2.58. The molecule has 0 aromatic heterocycles. The maximum atomic E-state index is 13.2. The van der Waals surface area contributed by atoms with Gasteiger partial charge in [-0.25, -0.2) is 8.78 Å². The van der Waals surface area contributed by atoms with Gasteiger partial charge in [0.15, 0.2) is 17.4 Å². The molecular formula is C15H18F2N2O2. The smallest absolute Gasteiger partial charge is 0.224 e. The molecule has 1 aliphatic rings. The number of halogens is 2. The maximum absolute atomic E-state index is 13.2. The highest BCUT2D eigenvalue weighted by Gasteiger charge is 2.41. The Hall–Kier alpha value is -1.82. The number of rotatable bonds is 4. The van der Waals surface area contributed by atoms with Crippen LogP contribution >= 0.6 is 0 Å². The van der Waals surface area contributed by atoms with Gasteiger partial charge in [-0.3, -0.25) is 14.5 Å². The lowest BCUT2D eigenvalue weighted by molar-refractivity contribution is -0.126. The molecule has 6 heteroatoms. The van der Waals surface area contributed by atoms with E-state index in [4.69, 9.17) is 5.73 Å². The van der Waals surface area contributed by atoms with Gasteiger partial charge in [0, 0.05) is 12.1 Å². The summed E-state index contributed by atoms with van der Waals surface area (Å²) in [5, 5.41) is 0. The number of carbonyl (C=O) groups excluding carboxylic acids is 2. The number of nitrogens with zero attached hydrogens (tertiary/aromatic N) is 1. The second-order valence-corrected chi connectivity index (χ2v) is 5.81. The van der Waals surface area contributed by atoms with E-state index in [2.05, 4.69) is 0 Å². The molecule has 1 saturated heterocycles. The van der Waals surface area contributed by atoms with Crippen molar-refractivity contribution in [3.8, 4) is 0 Å². The van der Waals surface area contributed by atoms with Crippen molar-refractivity contribution >= 4 is 11.7 Å². The normalized spacial score (nSPS) is 24.0. The van der Waals surface area contributed by atoms with Crippen LogP contribution < -0.4 is 5.73 Å². The van der Waals surface area contributed by atoms with Gasteiger partial charge in [0.2, 0.25) is 5.91 Å². The predicted molar refractivity (Wildman–Crippen MR) is 73.6 cm³/mol. The molecule has 2 unspecified atom stereocenters. The van der Waals surface area contributed by atoms with Gasteiger partial charge >= 0.3 is 0 Å². The van der Waals surface area contributed by atoms with Crippen LogP contribution in [0.25, 0.3) is 0 Å². The lowest BCUT2D eigenvalue weighted by atomic mass is 9.89. The fourth-order valence-corrected chi connectivity index (χ4v) is 2.58. The quantitative estimate of drug-likeness (QED) is 0.861. The molecule has 0 bridgehead atoms. The molecule has 1 amide bonds. The standard InChI is InChI=1S/C15H18F2N2O2/c1-9(19-6-5-15(2,8-19)14(18)21)13(20)10-3-4-11(16)12(17)7-10/h3-4,7,9H,5-6,8H2,1-2H3,(H2,18,21). The molecule has 1 fully saturated rings. The minimum Gasteiger partial charge on any atom is -0.369 e. The first-order valence-corrected chi connectivity index (χ1v) is 6.78. The van der Waals surface area contributed by atoms with Crippen LogP contribution in [0.15, 0.2) is 18.2 Å². The van der Waals surface area contributed by atoms with Crippen LogP contribution in [0.2, 0.25) is 0 Å². The summed E-state index contributed by atoms with van der Waals surface area (Å²) in [4.78, 5) is 25.6. The van der Waals surface area contributed by atoms with E-state index >= 15 is 0 Å². The SMILES string of the molecule is CC(C(=O)c1ccc(F)c(F)c1)N1CCC(C)(C(N)=O)C1. The van der Waals surface area contributed by atoms with E-state index < -0.39 is 29.0 Å². The van der Waals surface area contributed by atoms with E-state index in [1.54, 1.807) is 13.8 Å². The number of hydrogen-bond donors (Lipinski definition) is 1. The molecule has 2 N–H and O–H groups in total. The third kappa shape index (κ3) is 2.95. The minimum absolute atomic E-state index is 0.120. The van der Waals surface area contributed by atoms with Gasteiger partial charge < -0.3 is 5.73 Å². The predicted octanol–water partition coefficient (Wildman–Crippen LogP) is 1.73. The van der Waals surface area contributed by atoms with Crippen LogP contribution in [-0.2, 0) is 4.79 Å². The zero-order chi connectivity index (χ0) is 15.8. The maximum Gasteiger partial charge on any atom is 0.224 e. The van der Waals surface area contributed by atoms with Gasteiger partial charge in [-0.15, -0.1) is 0 Å². The zero-order valence-corrected chi connectivity index (χ0v) is 12.0. The summed E-state index contributed by atoms with van der Waals surface area (Å²) < 4.78 is 26.1. The number of nitrogens with two attached hydrogens (primary N) is 1. The van der Waals surface area contributed by atoms with E-state index in [9.17, 15) is 18.4 Å². The Balaban J connectivity index is 2.13. The molecule has 1 aromatic carbocycles. The largest absolute Gasteiger partial charge is 0.369 e. The van der Waals surface area contributed by atoms with Gasteiger partial charge in [0.05, 0.1) is 11.5 Å². The van der Waals surface area contributed by atoms with Crippen LogP contribution in [0.4, 0.5) is 8.78 Å². The summed E-state index contributed by atoms with van der Waals surface area (Å²) in [7, 11) is 0. The van der Waals surface area contributed by atoms with Crippen LogP contribution in [0.3, 0.4) is 0 Å². The molecule has 0 radical (unpaired) electrons. The number of hydrogen-bond acceptors (Lipinski definition) is 3. The van der Waals surface area contributed by atoms with E-state index in [0.29, 0.717) is 19.5 Å². The first kappa shape index (κ1) is 15.6. The lowest BCUT2D eigenvalue weighted by Gasteiger charge is -2.25. The number of carbonyl (C=O) groups is 2. The van der Waals surface area contributed by atoms with Gasteiger partial charge in [0.25, 0.3) is 0 Å². The molecule has 1 aliphatic heterocycles. The number of amides is 1. The third-order valence-corrected chi connectivity index (χ3v) is 4.23. The van der Waals surface area contributed by atoms with E-state index in [-0.39, 0.29) is 11.3 Å². The van der Waals surface area contributed by atoms with Crippen molar-refractivity contribution in [2.24, 2.45) is 11.1 Å². The Morgan fingerprint density at radius 3 is 2.52 bits per heavy atom. The molecule has 1 aromatic rings. The van der Waals surface area contributed by atoms with Crippen molar-refractivity contribution in [2.75, 3.05) is 13.1 Å². The summed E-state index contributed by atoms with van der Waals surface area (Å²) in [6.07, 6.45) is 0.581. The van der Waals surface area contributed by atoms with Crippen molar-refractivity contribution in [3.05, 3.63) is 35.4 Å². The Morgan fingerprint density at radius 2 is 2.00 bits per heavy atom. The molecule has 0 saturated carbocycles. The van der Waals surface area contributed by atoms with Gasteiger partial charge in [-0.05, 0) is 45.0 Å². The first-order chi connectivity index (χ1) is 9.74. The molecule has 21 heavy (non-hydrogen) atoms. The Morgan fingerprint density at radius 1 is 1.33 bits per heavy atom. The second kappa shape index (κ2) is 5.52. The van der Waals surface area contributed by atoms with Gasteiger partial charge in [-0.1, -0.05) is 0 Å². The van der Waals surface area contributed by atoms with Crippen LogP contribution in [0.1, 0.15) is 30.6 Å². The number of benzene rings is 1. The molecule has 2 rings (SSSR count). The van der Waals surface area contributed by atoms with Gasteiger partial charge in [0.1, 0.15) is 0 Å². The Bertz CT molecular complexity index is 591. The first-order valence-electron chi connectivity index (χ1n) is 6.78. The van der Waals surface area contributed by atoms with Crippen molar-refractivity contribution in [1.29, 1.82) is 0 Å². The van der Waals surface area contributed by atoms with Crippen molar-refractivity contribution in [1.82, 2.24) is 4.90 Å². The molecule has 2 atom stereocenters. The third-order valence-electron chi connectivity index (χ3n) is 4.23. The fourth-order valence-electron chi connectivity index (χ4n) is 2.58. The Kier molecular flexibility index (Phi) is 4.09. The van der Waals surface area contributed by atoms with Crippen molar-refractivity contribution in [3.63, 3.8) is 0 Å². The topological polar surface area (TPSA) is 63.4 Å². The summed E-state index contributed by atoms with van der Waals surface area (Å²) in [5.41, 5.74) is 4.85. The highest BCUT2D eigenvalue weighted by molar-refractivity contribution is 6.00. The van der Waals surface area contributed by atoms with Gasteiger partial charge in [-0.2, -0.15) is 0 Å². The fraction of sp³-hybridized carbons (Fsp3) is 0.467. The second-order valence-electron chi connectivity index (χ2n) is 5.81. The molecule has 4 nitrogen and oxygen atoms in total. The average Bonchev–Trinajstić information content (AvgIpc) is 2.84. The van der Waals surface area contributed by atoms with Crippen LogP contribution in [-0.4, -0.2) is 35.7 Å². The van der Waals surface area contributed by atoms with Crippen LogP contribution in [0, 0.1) is 17.0 Å². The minimum atomic E-state index is -1.04. The van der Waals surface area contributed by atoms with E-state index in [0.717, 1.165) is 12.1 Å². The number of likely N-dealkylation sites (tertiary alicyclic amines) is 1. The zero-order valence-electron chi connectivity index (χ0n) is 12.0. The lowest BCUT2D eigenvalue weighted by Crippen LogP contribution is -2.42. The highest BCUT2D eigenvalue weighted by atomic mass is 19.2. The Labute approximate surface area is 121 Å². The highest BCUT2D eigenvalue weighted by Crippen LogP contribution is 2.31.